The maximum absolute atomic E-state index is 6.38. The molecule has 0 aromatic heterocycles. The molecule has 0 aliphatic carbocycles. The summed E-state index contributed by atoms with van der Waals surface area (Å²) in [5.41, 5.74) is 13.5. The van der Waals surface area contributed by atoms with Gasteiger partial charge in [-0.3, -0.25) is 0 Å². The molecule has 2 heteroatoms. The first-order valence-corrected chi connectivity index (χ1v) is 15.8. The molecule has 1 aliphatic rings. The predicted molar refractivity (Wildman–Crippen MR) is 191 cm³/mol. The number of anilines is 1. The zero-order chi connectivity index (χ0) is 30.6. The monoisotopic (exact) mass is 599 g/mol. The number of allylic oxidation sites excluding steroid dienone is 3. The molecule has 6 aromatic rings. The number of hydrogen-bond donors (Lipinski definition) is 0. The lowest BCUT2D eigenvalue weighted by Crippen LogP contribution is -2.34. The second-order valence-electron chi connectivity index (χ2n) is 11.5. The fourth-order valence-electron chi connectivity index (χ4n) is 6.49. The third-order valence-corrected chi connectivity index (χ3v) is 8.80. The van der Waals surface area contributed by atoms with Crippen LogP contribution in [0.15, 0.2) is 176 Å². The van der Waals surface area contributed by atoms with Gasteiger partial charge in [-0.15, -0.1) is 0 Å². The van der Waals surface area contributed by atoms with Gasteiger partial charge in [-0.05, 0) is 70.2 Å². The van der Waals surface area contributed by atoms with Crippen molar-refractivity contribution in [1.82, 2.24) is 0 Å². The Labute approximate surface area is 271 Å². The van der Waals surface area contributed by atoms with Crippen molar-refractivity contribution in [3.63, 3.8) is 0 Å². The molecule has 0 amide bonds. The highest BCUT2D eigenvalue weighted by atomic mass is 35.5. The van der Waals surface area contributed by atoms with Gasteiger partial charge in [-0.2, -0.15) is 0 Å². The lowest BCUT2D eigenvalue weighted by atomic mass is 9.76. The molecular weight excluding hydrogens is 566 g/mol. The molecule has 1 heterocycles. The van der Waals surface area contributed by atoms with E-state index in [1.165, 1.54) is 55.8 Å². The minimum atomic E-state index is -0.0822. The van der Waals surface area contributed by atoms with Crippen LogP contribution in [0.5, 0.6) is 0 Å². The average molecular weight is 600 g/mol. The molecule has 0 spiro atoms. The Balaban J connectivity index is 1.65. The highest BCUT2D eigenvalue weighted by molar-refractivity contribution is 6.30. The first-order chi connectivity index (χ1) is 22.2. The van der Waals surface area contributed by atoms with Gasteiger partial charge in [0.05, 0.1) is 6.04 Å². The summed E-state index contributed by atoms with van der Waals surface area (Å²) in [6.45, 7) is 2.15. The van der Waals surface area contributed by atoms with Crippen LogP contribution in [0.3, 0.4) is 0 Å². The van der Waals surface area contributed by atoms with E-state index < -0.39 is 0 Å². The summed E-state index contributed by atoms with van der Waals surface area (Å²) in [5, 5.41) is 0.744. The highest BCUT2D eigenvalue weighted by Gasteiger charge is 2.38. The number of hydrogen-bond acceptors (Lipinski definition) is 1. The minimum Gasteiger partial charge on any atom is -0.332 e. The van der Waals surface area contributed by atoms with E-state index in [0.29, 0.717) is 0 Å². The lowest BCUT2D eigenvalue weighted by molar-refractivity contribution is 0.797. The van der Waals surface area contributed by atoms with E-state index in [9.17, 15) is 0 Å². The summed E-state index contributed by atoms with van der Waals surface area (Å²) < 4.78 is 0. The molecule has 1 nitrogen and oxygen atoms in total. The Morgan fingerprint density at radius 1 is 0.511 bits per heavy atom. The molecule has 1 unspecified atom stereocenters. The van der Waals surface area contributed by atoms with Gasteiger partial charge in [0.1, 0.15) is 0 Å². The smallest absolute Gasteiger partial charge is 0.0854 e. The average Bonchev–Trinajstić information content (AvgIpc) is 3.10. The van der Waals surface area contributed by atoms with Gasteiger partial charge in [0.25, 0.3) is 0 Å². The topological polar surface area (TPSA) is 3.24 Å². The molecule has 0 fully saturated rings. The second-order valence-corrected chi connectivity index (χ2v) is 12.0. The molecule has 0 bridgehead atoms. The predicted octanol–water partition coefficient (Wildman–Crippen LogP) is 11.5. The maximum atomic E-state index is 6.38. The summed E-state index contributed by atoms with van der Waals surface area (Å²) in [5.74, 6) is 0. The Morgan fingerprint density at radius 3 is 1.56 bits per heavy atom. The molecule has 0 radical (unpaired) electrons. The number of rotatable bonds is 7. The molecule has 0 saturated heterocycles. The van der Waals surface area contributed by atoms with E-state index in [1.54, 1.807) is 0 Å². The molecular formula is C43H34ClN. The summed E-state index contributed by atoms with van der Waals surface area (Å²) in [6, 6.07) is 60.9. The Hall–Kier alpha value is -5.11. The van der Waals surface area contributed by atoms with Crippen molar-refractivity contribution in [2.24, 2.45) is 0 Å². The van der Waals surface area contributed by atoms with E-state index in [0.717, 1.165) is 17.1 Å². The first-order valence-electron chi connectivity index (χ1n) is 15.5. The quantitative estimate of drug-likeness (QED) is 0.176. The van der Waals surface area contributed by atoms with Crippen LogP contribution in [-0.4, -0.2) is 0 Å². The number of aryl methyl sites for hydroxylation is 1. The SMILES string of the molecule is Cc1ccc(N2C(Cc3ccc(Cl)cc3)=C(c3ccccc3)C(c3ccccc3)=C(c3ccccc3)C2c2ccccc2)cc1. The van der Waals surface area contributed by atoms with E-state index in [2.05, 4.69) is 170 Å². The van der Waals surface area contributed by atoms with Crippen LogP contribution in [0.25, 0.3) is 16.7 Å². The second kappa shape index (κ2) is 12.9. The maximum Gasteiger partial charge on any atom is 0.0854 e. The standard InChI is InChI=1S/C43H34ClN/c1-31-22-28-38(29-23-31)45-39(30-32-24-26-37(44)27-25-32)40(33-14-6-2-7-15-33)41(34-16-8-3-9-17-34)42(35-18-10-4-11-19-35)43(45)36-20-12-5-13-21-36/h2-29,43H,30H2,1H3. The molecule has 218 valence electrons. The van der Waals surface area contributed by atoms with Crippen LogP contribution in [0, 0.1) is 6.92 Å². The van der Waals surface area contributed by atoms with Crippen molar-refractivity contribution in [2.75, 3.05) is 4.90 Å². The van der Waals surface area contributed by atoms with Gasteiger partial charge in [0, 0.05) is 28.4 Å². The number of nitrogens with zero attached hydrogens (tertiary/aromatic N) is 1. The Bertz CT molecular complexity index is 1940. The van der Waals surface area contributed by atoms with Crippen molar-refractivity contribution in [3.05, 3.63) is 214 Å². The van der Waals surface area contributed by atoms with Gasteiger partial charge in [0.2, 0.25) is 0 Å². The summed E-state index contributed by atoms with van der Waals surface area (Å²) >= 11 is 6.38. The number of halogens is 1. The molecule has 1 aliphatic heterocycles. The van der Waals surface area contributed by atoms with Crippen molar-refractivity contribution in [2.45, 2.75) is 19.4 Å². The van der Waals surface area contributed by atoms with Gasteiger partial charge >= 0.3 is 0 Å². The van der Waals surface area contributed by atoms with Crippen molar-refractivity contribution in [1.29, 1.82) is 0 Å². The lowest BCUT2D eigenvalue weighted by Gasteiger charge is -2.44. The van der Waals surface area contributed by atoms with E-state index in [-0.39, 0.29) is 6.04 Å². The summed E-state index contributed by atoms with van der Waals surface area (Å²) in [6.07, 6.45) is 0.733. The van der Waals surface area contributed by atoms with Crippen molar-refractivity contribution in [3.8, 4) is 0 Å². The fraction of sp³-hybridized carbons (Fsp3) is 0.0698. The summed E-state index contributed by atoms with van der Waals surface area (Å²) in [7, 11) is 0. The fourth-order valence-corrected chi connectivity index (χ4v) is 6.62. The molecule has 6 aromatic carbocycles. The van der Waals surface area contributed by atoms with Crippen LogP contribution in [0.1, 0.15) is 39.4 Å². The molecule has 45 heavy (non-hydrogen) atoms. The third-order valence-electron chi connectivity index (χ3n) is 8.55. The molecule has 7 rings (SSSR count). The number of benzene rings is 6. The van der Waals surface area contributed by atoms with Crippen molar-refractivity contribution >= 4 is 34.0 Å². The summed E-state index contributed by atoms with van der Waals surface area (Å²) in [4.78, 5) is 2.58. The molecule has 0 saturated carbocycles. The van der Waals surface area contributed by atoms with Gasteiger partial charge in [-0.25, -0.2) is 0 Å². The van der Waals surface area contributed by atoms with E-state index >= 15 is 0 Å². The van der Waals surface area contributed by atoms with Crippen LogP contribution in [0.2, 0.25) is 5.02 Å². The van der Waals surface area contributed by atoms with E-state index in [1.807, 2.05) is 12.1 Å². The third kappa shape index (κ3) is 5.88. The normalized spacial score (nSPS) is 15.0. The largest absolute Gasteiger partial charge is 0.332 e. The van der Waals surface area contributed by atoms with Crippen LogP contribution in [0.4, 0.5) is 5.69 Å². The van der Waals surface area contributed by atoms with Crippen LogP contribution >= 0.6 is 11.6 Å². The minimum absolute atomic E-state index is 0.0822. The van der Waals surface area contributed by atoms with Crippen molar-refractivity contribution < 1.29 is 0 Å². The highest BCUT2D eigenvalue weighted by Crippen LogP contribution is 2.54. The molecule has 1 atom stereocenters. The Morgan fingerprint density at radius 2 is 1.00 bits per heavy atom. The Kier molecular flexibility index (Phi) is 8.19. The zero-order valence-electron chi connectivity index (χ0n) is 25.3. The first kappa shape index (κ1) is 28.6. The van der Waals surface area contributed by atoms with Gasteiger partial charge in [0.15, 0.2) is 0 Å². The van der Waals surface area contributed by atoms with Gasteiger partial charge < -0.3 is 4.90 Å². The molecule has 0 N–H and O–H groups in total. The zero-order valence-corrected chi connectivity index (χ0v) is 26.0. The van der Waals surface area contributed by atoms with E-state index in [4.69, 9.17) is 11.6 Å². The van der Waals surface area contributed by atoms with Crippen LogP contribution in [-0.2, 0) is 6.42 Å². The van der Waals surface area contributed by atoms with Gasteiger partial charge in [-0.1, -0.05) is 163 Å². The van der Waals surface area contributed by atoms with Crippen LogP contribution < -0.4 is 4.90 Å².